The Morgan fingerprint density at radius 3 is 2.29 bits per heavy atom. The summed E-state index contributed by atoms with van der Waals surface area (Å²) < 4.78 is 13.5. The highest BCUT2D eigenvalue weighted by molar-refractivity contribution is 6.30. The fourth-order valence-corrected chi connectivity index (χ4v) is 6.30. The van der Waals surface area contributed by atoms with Crippen molar-refractivity contribution in [1.82, 2.24) is 29.2 Å². The fraction of sp³-hybridized carbons (Fsp3) is 0.405. The van der Waals surface area contributed by atoms with Crippen LogP contribution in [0.15, 0.2) is 71.5 Å². The highest BCUT2D eigenvalue weighted by Crippen LogP contribution is 2.28. The number of carbonyl (C=O) groups excluding carboxylic acids is 2. The molecule has 3 aromatic carbocycles. The maximum absolute atomic E-state index is 14.3. The number of hydrogen-bond donors (Lipinski definition) is 0. The first-order chi connectivity index (χ1) is 23.6. The van der Waals surface area contributed by atoms with Gasteiger partial charge in [-0.05, 0) is 75.5 Å². The van der Waals surface area contributed by atoms with Crippen LogP contribution in [0.4, 0.5) is 0 Å². The number of Topliss-reactive ketones (excluding diaryl/α,β-unsaturated/α-hetero) is 1. The van der Waals surface area contributed by atoms with Gasteiger partial charge in [0.2, 0.25) is 0 Å². The van der Waals surface area contributed by atoms with Crippen LogP contribution in [-0.2, 0) is 11.3 Å². The standard InChI is InChI=1S/C37H43ClN6O5/c1-26(2)49-34-13-8-27(33(45)23-41-16-14-40(3)15-17-41)22-32(34)44-35(39-31-7-5-4-6-30(31)37(44)47)24-42-18-20-43(21-19-42)36(46)25-48-29-11-9-28(38)10-12-29/h4-13,22,26H,14-21,23-25H2,1-3H3. The first-order valence-electron chi connectivity index (χ1n) is 16.8. The van der Waals surface area contributed by atoms with Crippen LogP contribution in [-0.4, -0.2) is 120 Å². The van der Waals surface area contributed by atoms with Crippen LogP contribution in [0.3, 0.4) is 0 Å². The van der Waals surface area contributed by atoms with Gasteiger partial charge in [-0.25, -0.2) is 4.98 Å². The summed E-state index contributed by atoms with van der Waals surface area (Å²) in [4.78, 5) is 54.2. The first kappa shape index (κ1) is 34.6. The average Bonchev–Trinajstić information content (AvgIpc) is 3.09. The number of likely N-dealkylation sites (N-methyl/N-ethyl adjacent to an activating group) is 1. The van der Waals surface area contributed by atoms with Crippen LogP contribution in [0.5, 0.6) is 11.5 Å². The van der Waals surface area contributed by atoms with Crippen molar-refractivity contribution in [1.29, 1.82) is 0 Å². The Labute approximate surface area is 291 Å². The van der Waals surface area contributed by atoms with Crippen molar-refractivity contribution in [3.63, 3.8) is 0 Å². The monoisotopic (exact) mass is 686 g/mol. The zero-order valence-electron chi connectivity index (χ0n) is 28.3. The summed E-state index contributed by atoms with van der Waals surface area (Å²) in [7, 11) is 2.09. The summed E-state index contributed by atoms with van der Waals surface area (Å²) in [6, 6.07) is 19.6. The van der Waals surface area contributed by atoms with Crippen LogP contribution < -0.4 is 15.0 Å². The van der Waals surface area contributed by atoms with Crippen molar-refractivity contribution in [2.24, 2.45) is 0 Å². The van der Waals surface area contributed by atoms with Crippen LogP contribution in [0.1, 0.15) is 30.0 Å². The van der Waals surface area contributed by atoms with E-state index in [4.69, 9.17) is 26.1 Å². The van der Waals surface area contributed by atoms with Crippen LogP contribution in [0, 0.1) is 0 Å². The minimum atomic E-state index is -0.231. The third-order valence-corrected chi connectivity index (χ3v) is 9.21. The van der Waals surface area contributed by atoms with Gasteiger partial charge in [-0.1, -0.05) is 23.7 Å². The number of benzene rings is 3. The molecule has 0 unspecified atom stereocenters. The quantitative estimate of drug-likeness (QED) is 0.217. The molecule has 1 aromatic heterocycles. The highest BCUT2D eigenvalue weighted by atomic mass is 35.5. The van der Waals surface area contributed by atoms with E-state index in [9.17, 15) is 14.4 Å². The number of amides is 1. The van der Waals surface area contributed by atoms with E-state index in [1.54, 1.807) is 58.0 Å². The van der Waals surface area contributed by atoms with Crippen molar-refractivity contribution in [2.75, 3.05) is 72.6 Å². The van der Waals surface area contributed by atoms with E-state index < -0.39 is 0 Å². The molecule has 0 aliphatic carbocycles. The molecule has 49 heavy (non-hydrogen) atoms. The van der Waals surface area contributed by atoms with Gasteiger partial charge < -0.3 is 19.3 Å². The minimum Gasteiger partial charge on any atom is -0.489 e. The van der Waals surface area contributed by atoms with Gasteiger partial charge in [-0.15, -0.1) is 0 Å². The van der Waals surface area contributed by atoms with E-state index in [1.165, 1.54) is 0 Å². The van der Waals surface area contributed by atoms with Gasteiger partial charge in [0.15, 0.2) is 12.4 Å². The summed E-state index contributed by atoms with van der Waals surface area (Å²) >= 11 is 5.95. The smallest absolute Gasteiger partial charge is 0.266 e. The molecule has 0 saturated carbocycles. The van der Waals surface area contributed by atoms with Crippen molar-refractivity contribution in [2.45, 2.75) is 26.5 Å². The first-order valence-corrected chi connectivity index (χ1v) is 17.2. The number of ether oxygens (including phenoxy) is 2. The lowest BCUT2D eigenvalue weighted by atomic mass is 10.1. The molecule has 12 heteroatoms. The average molecular weight is 687 g/mol. The number of nitrogens with zero attached hydrogens (tertiary/aromatic N) is 6. The van der Waals surface area contributed by atoms with Gasteiger partial charge >= 0.3 is 0 Å². The number of hydrogen-bond acceptors (Lipinski definition) is 9. The van der Waals surface area contributed by atoms with Gasteiger partial charge in [-0.2, -0.15) is 0 Å². The summed E-state index contributed by atoms with van der Waals surface area (Å²) in [6.45, 7) is 10.2. The Balaban J connectivity index is 1.25. The lowest BCUT2D eigenvalue weighted by molar-refractivity contribution is -0.135. The van der Waals surface area contributed by atoms with Crippen molar-refractivity contribution < 1.29 is 19.1 Å². The number of para-hydroxylation sites is 1. The second kappa shape index (κ2) is 15.5. The van der Waals surface area contributed by atoms with Gasteiger partial charge in [0, 0.05) is 62.9 Å². The summed E-state index contributed by atoms with van der Waals surface area (Å²) in [5.41, 5.74) is 1.37. The van der Waals surface area contributed by atoms with E-state index >= 15 is 0 Å². The Hall–Kier alpha value is -4.29. The lowest BCUT2D eigenvalue weighted by Gasteiger charge is -2.34. The maximum Gasteiger partial charge on any atom is 0.266 e. The minimum absolute atomic E-state index is 0.00826. The van der Waals surface area contributed by atoms with Gasteiger partial charge in [-0.3, -0.25) is 28.8 Å². The third-order valence-electron chi connectivity index (χ3n) is 8.96. The molecule has 2 aliphatic heterocycles. The summed E-state index contributed by atoms with van der Waals surface area (Å²) in [5.74, 6) is 1.52. The number of halogens is 1. The summed E-state index contributed by atoms with van der Waals surface area (Å²) in [5, 5.41) is 1.08. The zero-order valence-corrected chi connectivity index (χ0v) is 29.1. The number of fused-ring (bicyclic) bond motifs is 1. The number of carbonyl (C=O) groups is 2. The van der Waals surface area contributed by atoms with E-state index in [0.717, 1.165) is 26.2 Å². The summed E-state index contributed by atoms with van der Waals surface area (Å²) in [6.07, 6.45) is -0.160. The molecule has 0 spiro atoms. The van der Waals surface area contributed by atoms with E-state index in [2.05, 4.69) is 21.7 Å². The van der Waals surface area contributed by atoms with Crippen LogP contribution >= 0.6 is 11.6 Å². The largest absolute Gasteiger partial charge is 0.489 e. The second-order valence-corrected chi connectivity index (χ2v) is 13.4. The zero-order chi connectivity index (χ0) is 34.5. The predicted octanol–water partition coefficient (Wildman–Crippen LogP) is 3.98. The predicted molar refractivity (Wildman–Crippen MR) is 190 cm³/mol. The molecule has 0 N–H and O–H groups in total. The van der Waals surface area contributed by atoms with Crippen LogP contribution in [0.25, 0.3) is 16.6 Å². The Morgan fingerprint density at radius 1 is 0.878 bits per heavy atom. The highest BCUT2D eigenvalue weighted by Gasteiger charge is 2.26. The number of ketones is 1. The Kier molecular flexibility index (Phi) is 10.9. The molecule has 1 amide bonds. The molecule has 4 aromatic rings. The normalized spacial score (nSPS) is 16.3. The lowest BCUT2D eigenvalue weighted by Crippen LogP contribution is -2.50. The molecule has 258 valence electrons. The second-order valence-electron chi connectivity index (χ2n) is 12.9. The molecule has 0 bridgehead atoms. The molecule has 6 rings (SSSR count). The Morgan fingerprint density at radius 2 is 1.57 bits per heavy atom. The molecule has 3 heterocycles. The maximum atomic E-state index is 14.3. The van der Waals surface area contributed by atoms with E-state index in [-0.39, 0.29) is 30.0 Å². The van der Waals surface area contributed by atoms with Crippen LogP contribution in [0.2, 0.25) is 5.02 Å². The van der Waals surface area contributed by atoms with Crippen molar-refractivity contribution in [3.05, 3.63) is 93.5 Å². The number of aromatic nitrogens is 2. The molecule has 2 saturated heterocycles. The van der Waals surface area contributed by atoms with Gasteiger partial charge in [0.1, 0.15) is 17.3 Å². The molecular formula is C37H43ClN6O5. The molecule has 2 aliphatic rings. The molecular weight excluding hydrogens is 644 g/mol. The van der Waals surface area contributed by atoms with E-state index in [0.29, 0.717) is 83.8 Å². The fourth-order valence-electron chi connectivity index (χ4n) is 6.18. The molecule has 0 radical (unpaired) electrons. The molecule has 0 atom stereocenters. The van der Waals surface area contributed by atoms with E-state index in [1.807, 2.05) is 32.0 Å². The van der Waals surface area contributed by atoms with Gasteiger partial charge in [0.05, 0.1) is 35.8 Å². The molecule has 11 nitrogen and oxygen atoms in total. The van der Waals surface area contributed by atoms with Crippen molar-refractivity contribution in [3.8, 4) is 17.2 Å². The topological polar surface area (TPSA) is 100 Å². The molecule has 2 fully saturated rings. The third kappa shape index (κ3) is 8.48. The Bertz CT molecular complexity index is 1850. The van der Waals surface area contributed by atoms with Crippen molar-refractivity contribution >= 4 is 34.2 Å². The number of piperazine rings is 2. The van der Waals surface area contributed by atoms with Gasteiger partial charge in [0.25, 0.3) is 11.5 Å². The SMILES string of the molecule is CC(C)Oc1ccc(C(=O)CN2CCN(C)CC2)cc1-n1c(CN2CCN(C(=O)COc3ccc(Cl)cc3)CC2)nc2ccccc2c1=O. The number of rotatable bonds is 11.